The fourth-order valence-corrected chi connectivity index (χ4v) is 3.48. The first-order chi connectivity index (χ1) is 9.54. The third kappa shape index (κ3) is 3.14. The Morgan fingerprint density at radius 2 is 1.90 bits per heavy atom. The lowest BCUT2D eigenvalue weighted by atomic mass is 9.88. The number of carboxylic acid groups (broad SMARTS) is 1. The maximum Gasteiger partial charge on any atom is 0.320 e. The Morgan fingerprint density at radius 3 is 2.45 bits per heavy atom. The summed E-state index contributed by atoms with van der Waals surface area (Å²) in [4.78, 5) is 27.7. The van der Waals surface area contributed by atoms with E-state index >= 15 is 0 Å². The molecule has 2 aliphatic rings. The predicted molar refractivity (Wildman–Crippen MR) is 76.4 cm³/mol. The highest BCUT2D eigenvalue weighted by Gasteiger charge is 2.38. The molecular weight excluding hydrogens is 256 g/mol. The number of aliphatic carboxylic acids is 1. The summed E-state index contributed by atoms with van der Waals surface area (Å²) in [7, 11) is 0. The smallest absolute Gasteiger partial charge is 0.320 e. The van der Waals surface area contributed by atoms with Crippen LogP contribution < -0.4 is 0 Å². The standard InChI is InChI=1S/C15H26N2O3/c1-3-12-6-9-17(13(10-12)15(19)20)11(2)14(18)16-7-4-5-8-16/h11-13H,3-10H2,1-2H3,(H,19,20). The average Bonchev–Trinajstić information content (AvgIpc) is 2.99. The van der Waals surface area contributed by atoms with Gasteiger partial charge < -0.3 is 10.0 Å². The number of carbonyl (C=O) groups is 2. The zero-order chi connectivity index (χ0) is 14.7. The quantitative estimate of drug-likeness (QED) is 0.850. The summed E-state index contributed by atoms with van der Waals surface area (Å²) in [5, 5.41) is 9.45. The molecule has 2 saturated heterocycles. The van der Waals surface area contributed by atoms with E-state index in [1.54, 1.807) is 0 Å². The second-order valence-electron chi connectivity index (χ2n) is 6.10. The summed E-state index contributed by atoms with van der Waals surface area (Å²) >= 11 is 0. The van der Waals surface area contributed by atoms with Crippen molar-refractivity contribution in [2.24, 2.45) is 5.92 Å². The van der Waals surface area contributed by atoms with Crippen LogP contribution in [0.1, 0.15) is 46.0 Å². The van der Waals surface area contributed by atoms with Gasteiger partial charge in [-0.1, -0.05) is 13.3 Å². The van der Waals surface area contributed by atoms with Crippen LogP contribution >= 0.6 is 0 Å². The molecule has 20 heavy (non-hydrogen) atoms. The molecule has 3 atom stereocenters. The minimum atomic E-state index is -0.788. The average molecular weight is 282 g/mol. The van der Waals surface area contributed by atoms with E-state index in [9.17, 15) is 14.7 Å². The lowest BCUT2D eigenvalue weighted by Gasteiger charge is -2.40. The third-order valence-electron chi connectivity index (χ3n) is 4.89. The summed E-state index contributed by atoms with van der Waals surface area (Å²) in [6.07, 6.45) is 4.82. The first-order valence-electron chi connectivity index (χ1n) is 7.82. The zero-order valence-electron chi connectivity index (χ0n) is 12.5. The minimum absolute atomic E-state index is 0.101. The van der Waals surface area contributed by atoms with Crippen molar-refractivity contribution in [1.82, 2.24) is 9.80 Å². The second kappa shape index (κ2) is 6.57. The summed E-state index contributed by atoms with van der Waals surface area (Å²) in [5.41, 5.74) is 0. The van der Waals surface area contributed by atoms with E-state index < -0.39 is 12.0 Å². The van der Waals surface area contributed by atoms with Crippen molar-refractivity contribution in [3.05, 3.63) is 0 Å². The molecule has 0 aromatic rings. The van der Waals surface area contributed by atoms with Gasteiger partial charge in [0.15, 0.2) is 0 Å². The zero-order valence-corrected chi connectivity index (χ0v) is 12.5. The molecule has 2 fully saturated rings. The van der Waals surface area contributed by atoms with E-state index in [0.29, 0.717) is 12.3 Å². The van der Waals surface area contributed by atoms with E-state index in [-0.39, 0.29) is 11.9 Å². The molecule has 1 amide bonds. The van der Waals surface area contributed by atoms with Crippen molar-refractivity contribution in [2.45, 2.75) is 58.0 Å². The number of amides is 1. The number of rotatable bonds is 4. The maximum absolute atomic E-state index is 12.5. The van der Waals surface area contributed by atoms with E-state index in [1.165, 1.54) is 0 Å². The molecule has 5 nitrogen and oxygen atoms in total. The molecule has 0 spiro atoms. The number of hydrogen-bond acceptors (Lipinski definition) is 3. The summed E-state index contributed by atoms with van der Waals surface area (Å²) in [5.74, 6) is -0.214. The highest BCUT2D eigenvalue weighted by atomic mass is 16.4. The number of piperidine rings is 1. The van der Waals surface area contributed by atoms with Crippen molar-refractivity contribution < 1.29 is 14.7 Å². The van der Waals surface area contributed by atoms with Crippen LogP contribution in [0.5, 0.6) is 0 Å². The lowest BCUT2D eigenvalue weighted by Crippen LogP contribution is -2.56. The topological polar surface area (TPSA) is 60.9 Å². The molecule has 0 saturated carbocycles. The Morgan fingerprint density at radius 1 is 1.25 bits per heavy atom. The van der Waals surface area contributed by atoms with Gasteiger partial charge in [0.1, 0.15) is 6.04 Å². The van der Waals surface area contributed by atoms with Crippen molar-refractivity contribution in [3.8, 4) is 0 Å². The van der Waals surface area contributed by atoms with Crippen LogP contribution in [0.3, 0.4) is 0 Å². The molecule has 2 aliphatic heterocycles. The van der Waals surface area contributed by atoms with E-state index in [1.807, 2.05) is 16.7 Å². The number of nitrogens with zero attached hydrogens (tertiary/aromatic N) is 2. The van der Waals surface area contributed by atoms with Crippen LogP contribution in [-0.4, -0.2) is 58.5 Å². The number of hydrogen-bond donors (Lipinski definition) is 1. The fraction of sp³-hybridized carbons (Fsp3) is 0.867. The van der Waals surface area contributed by atoms with Crippen LogP contribution in [-0.2, 0) is 9.59 Å². The highest BCUT2D eigenvalue weighted by Crippen LogP contribution is 2.28. The van der Waals surface area contributed by atoms with Gasteiger partial charge in [0.05, 0.1) is 6.04 Å². The molecule has 2 rings (SSSR count). The molecule has 3 unspecified atom stereocenters. The molecule has 0 bridgehead atoms. The molecule has 2 heterocycles. The highest BCUT2D eigenvalue weighted by molar-refractivity contribution is 5.83. The van der Waals surface area contributed by atoms with Crippen LogP contribution in [0.25, 0.3) is 0 Å². The summed E-state index contributed by atoms with van der Waals surface area (Å²) in [6, 6.07) is -0.817. The van der Waals surface area contributed by atoms with Crippen LogP contribution in [0.4, 0.5) is 0 Å². The van der Waals surface area contributed by atoms with E-state index in [2.05, 4.69) is 6.92 Å². The van der Waals surface area contributed by atoms with Gasteiger partial charge in [0.25, 0.3) is 0 Å². The molecule has 0 aliphatic carbocycles. The Labute approximate surface area is 120 Å². The number of carboxylic acids is 1. The van der Waals surface area contributed by atoms with Gasteiger partial charge >= 0.3 is 5.97 Å². The Bertz CT molecular complexity index is 366. The molecule has 5 heteroatoms. The van der Waals surface area contributed by atoms with Crippen LogP contribution in [0, 0.1) is 5.92 Å². The van der Waals surface area contributed by atoms with Gasteiger partial charge in [-0.25, -0.2) is 0 Å². The predicted octanol–water partition coefficient (Wildman–Crippen LogP) is 1.57. The van der Waals surface area contributed by atoms with Crippen LogP contribution in [0.2, 0.25) is 0 Å². The van der Waals surface area contributed by atoms with Crippen molar-refractivity contribution in [3.63, 3.8) is 0 Å². The van der Waals surface area contributed by atoms with Crippen molar-refractivity contribution >= 4 is 11.9 Å². The molecular formula is C15H26N2O3. The first-order valence-corrected chi connectivity index (χ1v) is 7.82. The summed E-state index contributed by atoms with van der Waals surface area (Å²) < 4.78 is 0. The van der Waals surface area contributed by atoms with Crippen LogP contribution in [0.15, 0.2) is 0 Å². The lowest BCUT2D eigenvalue weighted by molar-refractivity contribution is -0.150. The Balaban J connectivity index is 2.04. The van der Waals surface area contributed by atoms with Gasteiger partial charge in [0.2, 0.25) is 5.91 Å². The first kappa shape index (κ1) is 15.3. The maximum atomic E-state index is 12.5. The van der Waals surface area contributed by atoms with Crippen molar-refractivity contribution in [2.75, 3.05) is 19.6 Å². The van der Waals surface area contributed by atoms with E-state index in [4.69, 9.17) is 0 Å². The van der Waals surface area contributed by atoms with Gasteiger partial charge in [-0.3, -0.25) is 14.5 Å². The van der Waals surface area contributed by atoms with Gasteiger partial charge in [-0.2, -0.15) is 0 Å². The largest absolute Gasteiger partial charge is 0.480 e. The second-order valence-corrected chi connectivity index (χ2v) is 6.10. The van der Waals surface area contributed by atoms with E-state index in [0.717, 1.165) is 45.3 Å². The monoisotopic (exact) mass is 282 g/mol. The minimum Gasteiger partial charge on any atom is -0.480 e. The molecule has 0 aromatic carbocycles. The number of likely N-dealkylation sites (tertiary alicyclic amines) is 2. The number of carbonyl (C=O) groups excluding carboxylic acids is 1. The van der Waals surface area contributed by atoms with Gasteiger partial charge in [0, 0.05) is 19.6 Å². The molecule has 114 valence electrons. The Hall–Kier alpha value is -1.10. The van der Waals surface area contributed by atoms with Gasteiger partial charge in [-0.05, 0) is 38.5 Å². The SMILES string of the molecule is CCC1CCN(C(C)C(=O)N2CCCC2)C(C(=O)O)C1. The summed E-state index contributed by atoms with van der Waals surface area (Å²) in [6.45, 7) is 6.34. The molecule has 1 N–H and O–H groups in total. The normalized spacial score (nSPS) is 29.4. The van der Waals surface area contributed by atoms with Gasteiger partial charge in [-0.15, -0.1) is 0 Å². The Kier molecular flexibility index (Phi) is 5.02. The molecule has 0 radical (unpaired) electrons. The third-order valence-corrected chi connectivity index (χ3v) is 4.89. The fourth-order valence-electron chi connectivity index (χ4n) is 3.48. The molecule has 0 aromatic heterocycles. The van der Waals surface area contributed by atoms with Crippen molar-refractivity contribution in [1.29, 1.82) is 0 Å².